The fourth-order valence-electron chi connectivity index (χ4n) is 2.00. The lowest BCUT2D eigenvalue weighted by atomic mass is 10.2. The van der Waals surface area contributed by atoms with E-state index in [2.05, 4.69) is 9.84 Å². The van der Waals surface area contributed by atoms with E-state index in [4.69, 9.17) is 16.9 Å². The van der Waals surface area contributed by atoms with Gasteiger partial charge in [0.2, 0.25) is 0 Å². The van der Waals surface area contributed by atoms with Crippen molar-refractivity contribution < 1.29 is 35.9 Å². The van der Waals surface area contributed by atoms with E-state index in [0.29, 0.717) is 16.8 Å². The summed E-state index contributed by atoms with van der Waals surface area (Å²) in [4.78, 5) is 11.1. The molecular formula is C14H7ClF6N4O2. The van der Waals surface area contributed by atoms with E-state index in [1.165, 1.54) is 18.3 Å². The van der Waals surface area contributed by atoms with Gasteiger partial charge < -0.3 is 10.1 Å². The van der Waals surface area contributed by atoms with Crippen molar-refractivity contribution in [1.82, 2.24) is 9.78 Å². The number of carbonyl (C=O) groups excluding carboxylic acids is 1. The van der Waals surface area contributed by atoms with Gasteiger partial charge in [0, 0.05) is 0 Å². The van der Waals surface area contributed by atoms with Crippen molar-refractivity contribution in [3.8, 4) is 17.5 Å². The van der Waals surface area contributed by atoms with Crippen molar-refractivity contribution in [1.29, 1.82) is 5.26 Å². The SMILES string of the molecule is Cc1nn(-c2cc(NC(=O)C(F)(F)F)c(Cl)cc2F)c(C#N)c1OC(F)F. The topological polar surface area (TPSA) is 79.9 Å². The molecule has 0 bridgehead atoms. The minimum atomic E-state index is -5.24. The number of amides is 1. The first-order valence-electron chi connectivity index (χ1n) is 6.77. The van der Waals surface area contributed by atoms with E-state index >= 15 is 0 Å². The van der Waals surface area contributed by atoms with Crippen LogP contribution >= 0.6 is 11.6 Å². The van der Waals surface area contributed by atoms with Gasteiger partial charge in [-0.15, -0.1) is 0 Å². The summed E-state index contributed by atoms with van der Waals surface area (Å²) in [5, 5.41) is 13.7. The number of nitrogens with zero attached hydrogens (tertiary/aromatic N) is 3. The van der Waals surface area contributed by atoms with Gasteiger partial charge in [-0.05, 0) is 19.1 Å². The number of hydrogen-bond donors (Lipinski definition) is 1. The molecule has 1 N–H and O–H groups in total. The molecule has 2 rings (SSSR count). The van der Waals surface area contributed by atoms with Gasteiger partial charge in [-0.1, -0.05) is 11.6 Å². The van der Waals surface area contributed by atoms with Crippen molar-refractivity contribution in [3.63, 3.8) is 0 Å². The molecule has 1 aromatic carbocycles. The Morgan fingerprint density at radius 3 is 2.56 bits per heavy atom. The number of aromatic nitrogens is 2. The van der Waals surface area contributed by atoms with Crippen LogP contribution in [0, 0.1) is 24.1 Å². The summed E-state index contributed by atoms with van der Waals surface area (Å²) in [7, 11) is 0. The van der Waals surface area contributed by atoms with Crippen LogP contribution in [0.15, 0.2) is 12.1 Å². The second-order valence-electron chi connectivity index (χ2n) is 4.90. The van der Waals surface area contributed by atoms with Crippen LogP contribution < -0.4 is 10.1 Å². The molecule has 1 amide bonds. The van der Waals surface area contributed by atoms with Gasteiger partial charge >= 0.3 is 18.7 Å². The van der Waals surface area contributed by atoms with Gasteiger partial charge in [0.25, 0.3) is 0 Å². The lowest BCUT2D eigenvalue weighted by Crippen LogP contribution is -2.30. The quantitative estimate of drug-likeness (QED) is 0.771. The number of halogens is 7. The number of nitriles is 1. The molecule has 0 aliphatic carbocycles. The van der Waals surface area contributed by atoms with Gasteiger partial charge in [-0.3, -0.25) is 4.79 Å². The number of hydrogen-bond acceptors (Lipinski definition) is 4. The Hall–Kier alpha value is -2.94. The van der Waals surface area contributed by atoms with Crippen LogP contribution in [-0.4, -0.2) is 28.5 Å². The van der Waals surface area contributed by atoms with E-state index in [1.54, 1.807) is 0 Å². The van der Waals surface area contributed by atoms with Crippen molar-refractivity contribution in [2.45, 2.75) is 19.7 Å². The standard InChI is InChI=1S/C14H7ClF6N4O2/c1-5-11(27-13(17)18)10(4-22)25(24-5)9-3-8(6(15)2-7(9)16)23-12(26)14(19,20)21/h2-3,13H,1H3,(H,23,26). The number of anilines is 1. The van der Waals surface area contributed by atoms with E-state index in [0.717, 1.165) is 0 Å². The number of nitrogens with one attached hydrogen (secondary N) is 1. The van der Waals surface area contributed by atoms with Crippen LogP contribution in [0.1, 0.15) is 11.4 Å². The number of ether oxygens (including phenoxy) is 1. The molecule has 1 aromatic heterocycles. The molecule has 2 aromatic rings. The van der Waals surface area contributed by atoms with Crippen molar-refractivity contribution in [3.05, 3.63) is 34.4 Å². The first-order valence-corrected chi connectivity index (χ1v) is 7.15. The third-order valence-corrected chi connectivity index (χ3v) is 3.40. The Morgan fingerprint density at radius 1 is 1.41 bits per heavy atom. The maximum atomic E-state index is 14.2. The second kappa shape index (κ2) is 7.36. The highest BCUT2D eigenvalue weighted by Gasteiger charge is 2.39. The maximum absolute atomic E-state index is 14.2. The zero-order chi connectivity index (χ0) is 20.5. The molecule has 0 spiro atoms. The highest BCUT2D eigenvalue weighted by molar-refractivity contribution is 6.33. The average molecular weight is 413 g/mol. The van der Waals surface area contributed by atoms with Crippen molar-refractivity contribution in [2.75, 3.05) is 5.32 Å². The van der Waals surface area contributed by atoms with Gasteiger partial charge in [0.05, 0.1) is 10.7 Å². The third kappa shape index (κ3) is 4.25. The predicted molar refractivity (Wildman–Crippen MR) is 79.3 cm³/mol. The summed E-state index contributed by atoms with van der Waals surface area (Å²) in [5.74, 6) is -4.16. The first kappa shape index (κ1) is 20.4. The molecule has 1 heterocycles. The van der Waals surface area contributed by atoms with Crippen LogP contribution in [-0.2, 0) is 4.79 Å². The fourth-order valence-corrected chi connectivity index (χ4v) is 2.20. The van der Waals surface area contributed by atoms with Gasteiger partial charge in [-0.25, -0.2) is 9.07 Å². The Bertz CT molecular complexity index is 935. The maximum Gasteiger partial charge on any atom is 0.471 e. The van der Waals surface area contributed by atoms with Crippen molar-refractivity contribution in [2.24, 2.45) is 0 Å². The zero-order valence-corrected chi connectivity index (χ0v) is 13.8. The van der Waals surface area contributed by atoms with Crippen LogP contribution in [0.25, 0.3) is 5.69 Å². The van der Waals surface area contributed by atoms with E-state index in [1.807, 2.05) is 0 Å². The second-order valence-corrected chi connectivity index (χ2v) is 5.31. The molecule has 0 saturated heterocycles. The highest BCUT2D eigenvalue weighted by Crippen LogP contribution is 2.32. The number of rotatable bonds is 4. The Kier molecular flexibility index (Phi) is 5.55. The summed E-state index contributed by atoms with van der Waals surface area (Å²) >= 11 is 5.62. The number of carbonyl (C=O) groups is 1. The molecule has 0 atom stereocenters. The highest BCUT2D eigenvalue weighted by atomic mass is 35.5. The largest absolute Gasteiger partial charge is 0.471 e. The molecular weight excluding hydrogens is 406 g/mol. The minimum Gasteiger partial charge on any atom is -0.430 e. The predicted octanol–water partition coefficient (Wildman–Crippen LogP) is 3.95. The van der Waals surface area contributed by atoms with E-state index in [9.17, 15) is 31.1 Å². The van der Waals surface area contributed by atoms with Crippen LogP contribution in [0.2, 0.25) is 5.02 Å². The monoisotopic (exact) mass is 412 g/mol. The molecule has 0 fully saturated rings. The summed E-state index contributed by atoms with van der Waals surface area (Å²) < 4.78 is 81.0. The summed E-state index contributed by atoms with van der Waals surface area (Å²) in [6.07, 6.45) is -5.24. The van der Waals surface area contributed by atoms with Crippen LogP contribution in [0.3, 0.4) is 0 Å². The third-order valence-electron chi connectivity index (χ3n) is 3.09. The van der Waals surface area contributed by atoms with Gasteiger partial charge in [-0.2, -0.15) is 32.3 Å². The minimum absolute atomic E-state index is 0.206. The number of benzene rings is 1. The number of alkyl halides is 5. The lowest BCUT2D eigenvalue weighted by molar-refractivity contribution is -0.167. The lowest BCUT2D eigenvalue weighted by Gasteiger charge is -2.12. The van der Waals surface area contributed by atoms with E-state index in [-0.39, 0.29) is 5.69 Å². The normalized spacial score (nSPS) is 11.4. The first-order chi connectivity index (χ1) is 12.5. The molecule has 144 valence electrons. The number of aryl methyl sites for hydroxylation is 1. The fraction of sp³-hybridized carbons (Fsp3) is 0.214. The molecule has 0 unspecified atom stereocenters. The smallest absolute Gasteiger partial charge is 0.430 e. The molecule has 0 aliphatic rings. The Morgan fingerprint density at radius 2 is 2.04 bits per heavy atom. The van der Waals surface area contributed by atoms with Crippen LogP contribution in [0.4, 0.5) is 32.0 Å². The Labute approximate surface area is 151 Å². The summed E-state index contributed by atoms with van der Waals surface area (Å²) in [6, 6.07) is 2.72. The van der Waals surface area contributed by atoms with Crippen LogP contribution in [0.5, 0.6) is 5.75 Å². The average Bonchev–Trinajstić information content (AvgIpc) is 2.84. The summed E-state index contributed by atoms with van der Waals surface area (Å²) in [5.41, 5.74) is -2.10. The molecule has 0 saturated carbocycles. The summed E-state index contributed by atoms with van der Waals surface area (Å²) in [6.45, 7) is -2.11. The molecule has 0 radical (unpaired) electrons. The van der Waals surface area contributed by atoms with E-state index < -0.39 is 52.4 Å². The zero-order valence-electron chi connectivity index (χ0n) is 13.0. The van der Waals surface area contributed by atoms with Crippen molar-refractivity contribution >= 4 is 23.2 Å². The van der Waals surface area contributed by atoms with Gasteiger partial charge in [0.1, 0.15) is 17.5 Å². The van der Waals surface area contributed by atoms with Gasteiger partial charge in [0.15, 0.2) is 17.3 Å². The molecule has 6 nitrogen and oxygen atoms in total. The molecule has 0 aliphatic heterocycles. The molecule has 13 heteroatoms. The Balaban J connectivity index is 2.59. The molecule has 27 heavy (non-hydrogen) atoms.